The third-order valence-corrected chi connectivity index (χ3v) is 10.9. The Morgan fingerprint density at radius 2 is 0.851 bits per heavy atom. The van der Waals surface area contributed by atoms with E-state index in [1.165, 1.54) is 64.2 Å². The first-order valence-electron chi connectivity index (χ1n) is 26.4. The molecule has 0 bridgehead atoms. The van der Waals surface area contributed by atoms with Crippen LogP contribution in [0.25, 0.3) is 0 Å². The molecule has 0 aliphatic rings. The summed E-state index contributed by atoms with van der Waals surface area (Å²) in [4.78, 5) is 37.2. The van der Waals surface area contributed by atoms with E-state index in [1.807, 2.05) is 21.1 Å². The number of allylic oxidation sites excluding steroid dienone is 16. The molecule has 0 aliphatic heterocycles. The second kappa shape index (κ2) is 48.7. The Morgan fingerprint density at radius 1 is 0.463 bits per heavy atom. The van der Waals surface area contributed by atoms with Crippen LogP contribution in [-0.4, -0.2) is 87.4 Å². The molecule has 67 heavy (non-hydrogen) atoms. The van der Waals surface area contributed by atoms with Gasteiger partial charge in [-0.15, -0.1) is 0 Å². The lowest BCUT2D eigenvalue weighted by Crippen LogP contribution is -2.40. The van der Waals surface area contributed by atoms with Crippen molar-refractivity contribution in [2.45, 2.75) is 206 Å². The van der Waals surface area contributed by atoms with E-state index in [9.17, 15) is 19.5 Å². The van der Waals surface area contributed by atoms with Crippen molar-refractivity contribution in [1.29, 1.82) is 0 Å². The number of carboxylic acid groups (broad SMARTS) is 1. The zero-order valence-corrected chi connectivity index (χ0v) is 43.3. The number of quaternary nitrogens is 1. The topological polar surface area (TPSA) is 108 Å². The summed E-state index contributed by atoms with van der Waals surface area (Å²) >= 11 is 0. The fourth-order valence-corrected chi connectivity index (χ4v) is 6.79. The van der Waals surface area contributed by atoms with E-state index in [-0.39, 0.29) is 32.2 Å². The molecule has 382 valence electrons. The molecule has 1 N–H and O–H groups in total. The van der Waals surface area contributed by atoms with Gasteiger partial charge in [-0.1, -0.05) is 201 Å². The summed E-state index contributed by atoms with van der Waals surface area (Å²) in [5.41, 5.74) is 0. The van der Waals surface area contributed by atoms with Gasteiger partial charge in [-0.25, -0.2) is 4.79 Å². The van der Waals surface area contributed by atoms with Crippen LogP contribution >= 0.6 is 0 Å². The number of nitrogens with zero attached hydrogens (tertiary/aromatic N) is 1. The van der Waals surface area contributed by atoms with Gasteiger partial charge >= 0.3 is 17.9 Å². The summed E-state index contributed by atoms with van der Waals surface area (Å²) in [7, 11) is 5.94. The summed E-state index contributed by atoms with van der Waals surface area (Å²) in [6.45, 7) is 4.71. The molecule has 0 heterocycles. The highest BCUT2D eigenvalue weighted by Crippen LogP contribution is 2.14. The van der Waals surface area contributed by atoms with Crippen molar-refractivity contribution in [3.05, 3.63) is 97.2 Å². The van der Waals surface area contributed by atoms with E-state index >= 15 is 0 Å². The first-order valence-corrected chi connectivity index (χ1v) is 26.4. The summed E-state index contributed by atoms with van der Waals surface area (Å²) in [5.74, 6) is -2.05. The molecule has 0 aromatic heterocycles. The summed E-state index contributed by atoms with van der Waals surface area (Å²) in [5, 5.41) is 9.67. The van der Waals surface area contributed by atoms with E-state index in [1.54, 1.807) is 0 Å². The molecule has 0 spiro atoms. The maximum Gasteiger partial charge on any atom is 0.361 e. The third-order valence-electron chi connectivity index (χ3n) is 10.9. The SMILES string of the molecule is CC/C=C\C/C=C\C/C=C\C/C=C\C/C=C\C/C=C\C/C=C\C/C=C\CCCCCCC(=O)OC(COC(=O)CCCCCCCCCCCCCCC)COC(OCC[N+](C)(C)C)C(=O)O. The van der Waals surface area contributed by atoms with Gasteiger partial charge in [0, 0.05) is 12.8 Å². The van der Waals surface area contributed by atoms with Crippen LogP contribution in [-0.2, 0) is 33.3 Å². The van der Waals surface area contributed by atoms with Crippen molar-refractivity contribution < 1.29 is 42.9 Å². The number of unbranched alkanes of at least 4 members (excludes halogenated alkanes) is 16. The highest BCUT2D eigenvalue weighted by molar-refractivity contribution is 5.71. The predicted molar refractivity (Wildman–Crippen MR) is 281 cm³/mol. The third kappa shape index (κ3) is 49.9. The van der Waals surface area contributed by atoms with Crippen molar-refractivity contribution in [2.75, 3.05) is 47.5 Å². The zero-order chi connectivity index (χ0) is 49.2. The van der Waals surface area contributed by atoms with Crippen molar-refractivity contribution in [3.8, 4) is 0 Å². The summed E-state index contributed by atoms with van der Waals surface area (Å²) in [6.07, 6.45) is 61.9. The molecule has 2 unspecified atom stereocenters. The average molecular weight is 937 g/mol. The number of aliphatic carboxylic acids is 1. The second-order valence-corrected chi connectivity index (χ2v) is 18.5. The molecule has 0 saturated heterocycles. The van der Waals surface area contributed by atoms with Crippen molar-refractivity contribution in [2.24, 2.45) is 0 Å². The average Bonchev–Trinajstić information content (AvgIpc) is 3.29. The highest BCUT2D eigenvalue weighted by Gasteiger charge is 2.25. The van der Waals surface area contributed by atoms with Crippen LogP contribution in [0.1, 0.15) is 194 Å². The van der Waals surface area contributed by atoms with Crippen LogP contribution in [0.4, 0.5) is 0 Å². The van der Waals surface area contributed by atoms with Crippen LogP contribution in [0.15, 0.2) is 97.2 Å². The smallest absolute Gasteiger partial charge is 0.361 e. The van der Waals surface area contributed by atoms with Crippen LogP contribution in [0, 0.1) is 0 Å². The maximum absolute atomic E-state index is 12.8. The van der Waals surface area contributed by atoms with Crippen LogP contribution in [0.2, 0.25) is 0 Å². The molecule has 0 aromatic carbocycles. The number of likely N-dealkylation sites (N-methyl/N-ethyl adjacent to an activating group) is 1. The summed E-state index contributed by atoms with van der Waals surface area (Å²) < 4.78 is 22.8. The minimum atomic E-state index is -1.52. The standard InChI is InChI=1S/C58H97NO8/c1-6-8-10-12-14-16-18-20-21-22-23-24-25-26-27-28-29-30-31-32-33-34-35-37-39-41-43-45-47-49-56(61)67-54(53-66-58(57(62)63)64-51-50-59(3,4)5)52-65-55(60)48-46-44-42-40-38-36-19-17-15-13-11-9-7-2/h8,10,14,16,20-21,23-24,26-27,29-30,32-33,35,37,54,58H,6-7,9,11-13,15,17-19,22,25,28,31,34,36,38-53H2,1-5H3/p+1/b10-8-,16-14-,21-20-,24-23-,27-26-,30-29-,33-32-,37-35-. The molecule has 0 rings (SSSR count). The molecule has 0 amide bonds. The fourth-order valence-electron chi connectivity index (χ4n) is 6.79. The Hall–Kier alpha value is -3.79. The molecule has 9 heteroatoms. The Balaban J connectivity index is 4.36. The van der Waals surface area contributed by atoms with Gasteiger partial charge in [-0.3, -0.25) is 9.59 Å². The van der Waals surface area contributed by atoms with Gasteiger partial charge in [0.25, 0.3) is 6.29 Å². The molecule has 2 atom stereocenters. The van der Waals surface area contributed by atoms with Crippen LogP contribution < -0.4 is 0 Å². The van der Waals surface area contributed by atoms with Gasteiger partial charge in [-0.2, -0.15) is 0 Å². The van der Waals surface area contributed by atoms with E-state index in [0.29, 0.717) is 23.9 Å². The van der Waals surface area contributed by atoms with Gasteiger partial charge in [-0.05, 0) is 77.0 Å². The Labute approximate surface area is 410 Å². The van der Waals surface area contributed by atoms with Crippen LogP contribution in [0.3, 0.4) is 0 Å². The largest absolute Gasteiger partial charge is 0.477 e. The molecule has 0 aromatic rings. The summed E-state index contributed by atoms with van der Waals surface area (Å²) in [6, 6.07) is 0. The van der Waals surface area contributed by atoms with Crippen molar-refractivity contribution in [3.63, 3.8) is 0 Å². The number of hydrogen-bond acceptors (Lipinski definition) is 7. The quantitative estimate of drug-likeness (QED) is 0.0211. The molecule has 9 nitrogen and oxygen atoms in total. The van der Waals surface area contributed by atoms with E-state index in [4.69, 9.17) is 18.9 Å². The minimum Gasteiger partial charge on any atom is -0.477 e. The van der Waals surface area contributed by atoms with Crippen LogP contribution in [0.5, 0.6) is 0 Å². The zero-order valence-electron chi connectivity index (χ0n) is 43.3. The number of hydrogen-bond donors (Lipinski definition) is 1. The normalized spacial score (nSPS) is 13.6. The van der Waals surface area contributed by atoms with Gasteiger partial charge in [0.15, 0.2) is 6.10 Å². The van der Waals surface area contributed by atoms with Crippen molar-refractivity contribution in [1.82, 2.24) is 0 Å². The lowest BCUT2D eigenvalue weighted by Gasteiger charge is -2.25. The minimum absolute atomic E-state index is 0.178. The van der Waals surface area contributed by atoms with E-state index in [2.05, 4.69) is 111 Å². The molecular weight excluding hydrogens is 839 g/mol. The molecule has 0 radical (unpaired) electrons. The number of rotatable bonds is 47. The molecular formula is C58H98NO8+. The number of carboxylic acids is 1. The van der Waals surface area contributed by atoms with Gasteiger partial charge in [0.2, 0.25) is 0 Å². The Bertz CT molecular complexity index is 1420. The first kappa shape index (κ1) is 63.2. The monoisotopic (exact) mass is 937 g/mol. The number of ether oxygens (including phenoxy) is 4. The predicted octanol–water partition coefficient (Wildman–Crippen LogP) is 15.0. The molecule has 0 aliphatic carbocycles. The fraction of sp³-hybridized carbons (Fsp3) is 0.672. The lowest BCUT2D eigenvalue weighted by atomic mass is 10.0. The molecule has 0 saturated carbocycles. The van der Waals surface area contributed by atoms with Gasteiger partial charge in [0.1, 0.15) is 13.2 Å². The molecule has 0 fully saturated rings. The number of carbonyl (C=O) groups is 3. The lowest BCUT2D eigenvalue weighted by molar-refractivity contribution is -0.870. The van der Waals surface area contributed by atoms with E-state index < -0.39 is 24.3 Å². The van der Waals surface area contributed by atoms with Crippen molar-refractivity contribution >= 4 is 17.9 Å². The Morgan fingerprint density at radius 3 is 1.27 bits per heavy atom. The van der Waals surface area contributed by atoms with E-state index in [0.717, 1.165) is 96.3 Å². The highest BCUT2D eigenvalue weighted by atomic mass is 16.7. The van der Waals surface area contributed by atoms with Gasteiger partial charge in [0.05, 0.1) is 34.4 Å². The maximum atomic E-state index is 12.8. The Kier molecular flexibility index (Phi) is 45.9. The number of esters is 2. The van der Waals surface area contributed by atoms with Gasteiger partial charge < -0.3 is 28.5 Å². The first-order chi connectivity index (χ1) is 32.6. The number of carbonyl (C=O) groups excluding carboxylic acids is 2. The second-order valence-electron chi connectivity index (χ2n) is 18.5.